The average Bonchev–Trinajstić information content (AvgIpc) is 2.38. The fourth-order valence-corrected chi connectivity index (χ4v) is 1.67. The number of pyridine rings is 1. The first-order valence-corrected chi connectivity index (χ1v) is 5.45. The maximum Gasteiger partial charge on any atom is 0.168 e. The highest BCUT2D eigenvalue weighted by molar-refractivity contribution is 5.28. The zero-order chi connectivity index (χ0) is 11.2. The van der Waals surface area contributed by atoms with Crippen LogP contribution in [-0.4, -0.2) is 7.11 Å². The molecule has 0 radical (unpaired) electrons. The van der Waals surface area contributed by atoms with Crippen LogP contribution in [0.1, 0.15) is 5.56 Å². The largest absolute Gasteiger partial charge is 1.00 e. The molecule has 0 atom stereocenters. The third-order valence-corrected chi connectivity index (χ3v) is 2.57. The van der Waals surface area contributed by atoms with E-state index < -0.39 is 0 Å². The van der Waals surface area contributed by atoms with Crippen LogP contribution in [0, 0.1) is 0 Å². The second kappa shape index (κ2) is 6.92. The number of aryl methyl sites for hydroxylation is 2. The van der Waals surface area contributed by atoms with Crippen LogP contribution >= 0.6 is 0 Å². The Kier molecular flexibility index (Phi) is 5.50. The van der Waals surface area contributed by atoms with E-state index in [1.807, 2.05) is 30.3 Å². The Balaban J connectivity index is 0.00000144. The molecule has 0 saturated carbocycles. The number of hydrogen-bond acceptors (Lipinski definition) is 1. The van der Waals surface area contributed by atoms with Crippen molar-refractivity contribution in [2.45, 2.75) is 13.0 Å². The molecule has 0 aliphatic rings. The van der Waals surface area contributed by atoms with Crippen LogP contribution in [0.25, 0.3) is 0 Å². The smallest absolute Gasteiger partial charge is 0.168 e. The second-order valence-electron chi connectivity index (χ2n) is 3.71. The predicted molar refractivity (Wildman–Crippen MR) is 63.3 cm³/mol. The van der Waals surface area contributed by atoms with Crippen molar-refractivity contribution in [3.8, 4) is 5.75 Å². The topological polar surface area (TPSA) is 13.1 Å². The molecule has 1 aromatic carbocycles. The fourth-order valence-electron chi connectivity index (χ4n) is 1.67. The van der Waals surface area contributed by atoms with Gasteiger partial charge in [0.15, 0.2) is 18.9 Å². The number of rotatable bonds is 4. The first-order valence-electron chi connectivity index (χ1n) is 5.45. The second-order valence-corrected chi connectivity index (χ2v) is 3.71. The van der Waals surface area contributed by atoms with Gasteiger partial charge < -0.3 is 17.1 Å². The normalized spacial score (nSPS) is 9.47. The molecule has 17 heavy (non-hydrogen) atoms. The molecule has 3 heteroatoms. The van der Waals surface area contributed by atoms with Gasteiger partial charge in [-0.1, -0.05) is 18.2 Å². The summed E-state index contributed by atoms with van der Waals surface area (Å²) in [7, 11) is 1.70. The van der Waals surface area contributed by atoms with Crippen molar-refractivity contribution < 1.29 is 21.7 Å². The fraction of sp³-hybridized carbons (Fsp3) is 0.214. The molecular weight excluding hydrogens is 234 g/mol. The highest BCUT2D eigenvalue weighted by Crippen LogP contribution is 2.12. The number of hydrogen-bond donors (Lipinski definition) is 0. The van der Waals surface area contributed by atoms with Crippen molar-refractivity contribution in [1.29, 1.82) is 0 Å². The lowest BCUT2D eigenvalue weighted by Gasteiger charge is -2.02. The van der Waals surface area contributed by atoms with Crippen LogP contribution in [0.3, 0.4) is 0 Å². The summed E-state index contributed by atoms with van der Waals surface area (Å²) in [6.07, 6.45) is 5.19. The molecule has 0 fully saturated rings. The Bertz CT molecular complexity index is 445. The number of halogens is 1. The number of ether oxygens (including phenoxy) is 1. The highest BCUT2D eigenvalue weighted by atomic mass is 35.5. The molecule has 0 N–H and O–H groups in total. The van der Waals surface area contributed by atoms with Crippen molar-refractivity contribution in [3.05, 3.63) is 60.4 Å². The molecule has 1 aromatic heterocycles. The van der Waals surface area contributed by atoms with Crippen molar-refractivity contribution >= 4 is 0 Å². The zero-order valence-corrected chi connectivity index (χ0v) is 10.6. The van der Waals surface area contributed by atoms with Gasteiger partial charge in [0, 0.05) is 18.6 Å². The maximum atomic E-state index is 5.20. The number of methoxy groups -OCH3 is 1. The van der Waals surface area contributed by atoms with Crippen LogP contribution < -0.4 is 21.7 Å². The first kappa shape index (κ1) is 13.5. The Hall–Kier alpha value is -1.54. The summed E-state index contributed by atoms with van der Waals surface area (Å²) < 4.78 is 7.38. The summed E-state index contributed by atoms with van der Waals surface area (Å²) in [6.45, 7) is 0.994. The summed E-state index contributed by atoms with van der Waals surface area (Å²) in [5, 5.41) is 0. The molecule has 2 aromatic rings. The molecular formula is C14H16ClNO. The van der Waals surface area contributed by atoms with Gasteiger partial charge in [-0.25, -0.2) is 4.57 Å². The summed E-state index contributed by atoms with van der Waals surface area (Å²) in [5.41, 5.74) is 1.30. The molecule has 0 spiro atoms. The minimum Gasteiger partial charge on any atom is -1.00 e. The van der Waals surface area contributed by atoms with E-state index in [-0.39, 0.29) is 12.4 Å². The van der Waals surface area contributed by atoms with Gasteiger partial charge in [-0.2, -0.15) is 0 Å². The minimum atomic E-state index is 0. The van der Waals surface area contributed by atoms with E-state index in [0.29, 0.717) is 0 Å². The summed E-state index contributed by atoms with van der Waals surface area (Å²) >= 11 is 0. The third-order valence-electron chi connectivity index (χ3n) is 2.57. The van der Waals surface area contributed by atoms with E-state index in [1.54, 1.807) is 7.11 Å². The molecule has 0 amide bonds. The lowest BCUT2D eigenvalue weighted by atomic mass is 10.1. The molecule has 2 rings (SSSR count). The van der Waals surface area contributed by atoms with Gasteiger partial charge in [-0.15, -0.1) is 0 Å². The minimum absolute atomic E-state index is 0. The standard InChI is InChI=1S/C14H16NO.ClH/c1-16-14-7-5-6-13(12-14)8-11-15-9-3-2-4-10-15;/h2-7,9-10,12H,8,11H2,1H3;1H/q+1;/p-1. The van der Waals surface area contributed by atoms with E-state index >= 15 is 0 Å². The quantitative estimate of drug-likeness (QED) is 0.649. The van der Waals surface area contributed by atoms with Gasteiger partial charge in [0.1, 0.15) is 5.75 Å². The van der Waals surface area contributed by atoms with E-state index in [0.717, 1.165) is 18.7 Å². The maximum absolute atomic E-state index is 5.20. The summed E-state index contributed by atoms with van der Waals surface area (Å²) in [6, 6.07) is 14.3. The van der Waals surface area contributed by atoms with Gasteiger partial charge >= 0.3 is 0 Å². The van der Waals surface area contributed by atoms with Gasteiger partial charge in [0.2, 0.25) is 0 Å². The monoisotopic (exact) mass is 249 g/mol. The molecule has 90 valence electrons. The summed E-state index contributed by atoms with van der Waals surface area (Å²) in [5.74, 6) is 0.926. The molecule has 2 nitrogen and oxygen atoms in total. The molecule has 0 aliphatic carbocycles. The van der Waals surface area contributed by atoms with Gasteiger partial charge in [0.25, 0.3) is 0 Å². The Morgan fingerprint density at radius 3 is 2.53 bits per heavy atom. The predicted octanol–water partition coefficient (Wildman–Crippen LogP) is -0.771. The summed E-state index contributed by atoms with van der Waals surface area (Å²) in [4.78, 5) is 0. The SMILES string of the molecule is COc1cccc(CC[n+]2ccccc2)c1.[Cl-]. The average molecular weight is 250 g/mol. The van der Waals surface area contributed by atoms with E-state index in [4.69, 9.17) is 4.74 Å². The van der Waals surface area contributed by atoms with E-state index in [9.17, 15) is 0 Å². The number of aromatic nitrogens is 1. The Morgan fingerprint density at radius 1 is 1.06 bits per heavy atom. The molecule has 0 aliphatic heterocycles. The van der Waals surface area contributed by atoms with Crippen LogP contribution in [0.5, 0.6) is 5.75 Å². The van der Waals surface area contributed by atoms with Crippen molar-refractivity contribution in [2.75, 3.05) is 7.11 Å². The van der Waals surface area contributed by atoms with Crippen LogP contribution in [0.4, 0.5) is 0 Å². The highest BCUT2D eigenvalue weighted by Gasteiger charge is 2.00. The van der Waals surface area contributed by atoms with Crippen molar-refractivity contribution in [3.63, 3.8) is 0 Å². The number of benzene rings is 1. The number of nitrogens with zero attached hydrogens (tertiary/aromatic N) is 1. The first-order chi connectivity index (χ1) is 7.88. The van der Waals surface area contributed by atoms with E-state index in [1.165, 1.54) is 5.56 Å². The Labute approximate surface area is 108 Å². The lowest BCUT2D eigenvalue weighted by molar-refractivity contribution is -0.696. The van der Waals surface area contributed by atoms with Crippen molar-refractivity contribution in [2.24, 2.45) is 0 Å². The van der Waals surface area contributed by atoms with Gasteiger partial charge in [-0.3, -0.25) is 0 Å². The van der Waals surface area contributed by atoms with Crippen LogP contribution in [0.15, 0.2) is 54.9 Å². The van der Waals surface area contributed by atoms with Crippen molar-refractivity contribution in [1.82, 2.24) is 0 Å². The molecule has 0 saturated heterocycles. The Morgan fingerprint density at radius 2 is 1.82 bits per heavy atom. The van der Waals surface area contributed by atoms with Gasteiger partial charge in [0.05, 0.1) is 7.11 Å². The zero-order valence-electron chi connectivity index (χ0n) is 9.84. The molecule has 1 heterocycles. The van der Waals surface area contributed by atoms with Crippen LogP contribution in [0.2, 0.25) is 0 Å². The van der Waals surface area contributed by atoms with Gasteiger partial charge in [-0.05, 0) is 17.7 Å². The van der Waals surface area contributed by atoms with Crippen LogP contribution in [-0.2, 0) is 13.0 Å². The molecule has 0 bridgehead atoms. The lowest BCUT2D eigenvalue weighted by Crippen LogP contribution is -3.00. The van der Waals surface area contributed by atoms with E-state index in [2.05, 4.69) is 29.1 Å². The molecule has 0 unspecified atom stereocenters. The third kappa shape index (κ3) is 4.08.